The van der Waals surface area contributed by atoms with Crippen LogP contribution in [0.25, 0.3) is 0 Å². The van der Waals surface area contributed by atoms with Crippen molar-refractivity contribution in [3.63, 3.8) is 0 Å². The fourth-order valence-corrected chi connectivity index (χ4v) is 0.967. The average molecular weight is 198 g/mol. The third-order valence-corrected chi connectivity index (χ3v) is 1.52. The first kappa shape index (κ1) is 10.7. The zero-order valence-corrected chi connectivity index (χ0v) is 8.37. The molecule has 1 aromatic rings. The van der Waals surface area contributed by atoms with E-state index in [0.717, 1.165) is 5.76 Å². The highest BCUT2D eigenvalue weighted by molar-refractivity contribution is 5.71. The minimum absolute atomic E-state index is 0.176. The number of carbonyl (C=O) groups excluding carboxylic acids is 1. The second-order valence-electron chi connectivity index (χ2n) is 2.77. The number of oxazole rings is 1. The summed E-state index contributed by atoms with van der Waals surface area (Å²) in [4.78, 5) is 14.9. The van der Waals surface area contributed by atoms with Crippen LogP contribution in [-0.4, -0.2) is 24.1 Å². The van der Waals surface area contributed by atoms with E-state index < -0.39 is 0 Å². The normalized spacial score (nSPS) is 10.1. The van der Waals surface area contributed by atoms with Gasteiger partial charge in [0.15, 0.2) is 0 Å². The molecule has 1 N–H and O–H groups in total. The third-order valence-electron chi connectivity index (χ3n) is 1.52. The average Bonchev–Trinajstić information content (AvgIpc) is 2.52. The van der Waals surface area contributed by atoms with Gasteiger partial charge in [0.1, 0.15) is 5.76 Å². The van der Waals surface area contributed by atoms with Gasteiger partial charge in [0.05, 0.1) is 25.9 Å². The van der Waals surface area contributed by atoms with Crippen molar-refractivity contribution < 1.29 is 13.9 Å². The Balaban J connectivity index is 2.18. The Morgan fingerprint density at radius 2 is 2.50 bits per heavy atom. The van der Waals surface area contributed by atoms with Gasteiger partial charge in [0, 0.05) is 0 Å². The second-order valence-corrected chi connectivity index (χ2v) is 2.77. The van der Waals surface area contributed by atoms with Crippen LogP contribution in [0, 0.1) is 6.92 Å². The molecular weight excluding hydrogens is 184 g/mol. The fraction of sp³-hybridized carbons (Fsp3) is 0.556. The van der Waals surface area contributed by atoms with E-state index in [-0.39, 0.29) is 12.5 Å². The monoisotopic (exact) mass is 198 g/mol. The molecule has 0 aliphatic carbocycles. The lowest BCUT2D eigenvalue weighted by Crippen LogP contribution is -2.24. The van der Waals surface area contributed by atoms with Crippen LogP contribution in [0.2, 0.25) is 0 Å². The molecule has 0 fully saturated rings. The molecule has 0 aliphatic rings. The molecular formula is C9H14N2O3. The van der Waals surface area contributed by atoms with Crippen molar-refractivity contribution >= 4 is 5.97 Å². The quantitative estimate of drug-likeness (QED) is 0.703. The van der Waals surface area contributed by atoms with Crippen LogP contribution in [0.4, 0.5) is 0 Å². The molecule has 0 aromatic carbocycles. The maximum Gasteiger partial charge on any atom is 0.319 e. The lowest BCUT2D eigenvalue weighted by Gasteiger charge is -2.01. The van der Waals surface area contributed by atoms with Gasteiger partial charge in [-0.2, -0.15) is 0 Å². The van der Waals surface area contributed by atoms with Gasteiger partial charge in [-0.25, -0.2) is 4.98 Å². The minimum atomic E-state index is -0.268. The first-order valence-electron chi connectivity index (χ1n) is 4.50. The van der Waals surface area contributed by atoms with Crippen LogP contribution in [0.1, 0.15) is 18.6 Å². The highest BCUT2D eigenvalue weighted by Crippen LogP contribution is 2.00. The molecule has 1 heterocycles. The molecule has 0 spiro atoms. The molecule has 14 heavy (non-hydrogen) atoms. The Morgan fingerprint density at radius 1 is 1.71 bits per heavy atom. The van der Waals surface area contributed by atoms with E-state index >= 15 is 0 Å². The predicted molar refractivity (Wildman–Crippen MR) is 49.6 cm³/mol. The van der Waals surface area contributed by atoms with E-state index in [1.165, 1.54) is 0 Å². The van der Waals surface area contributed by atoms with E-state index in [2.05, 4.69) is 10.3 Å². The van der Waals surface area contributed by atoms with E-state index in [9.17, 15) is 4.79 Å². The van der Waals surface area contributed by atoms with E-state index in [1.54, 1.807) is 13.1 Å². The summed E-state index contributed by atoms with van der Waals surface area (Å²) in [5.74, 6) is 1.07. The Morgan fingerprint density at radius 3 is 3.07 bits per heavy atom. The zero-order chi connectivity index (χ0) is 10.4. The number of nitrogens with one attached hydrogen (secondary N) is 1. The first-order valence-corrected chi connectivity index (χ1v) is 4.50. The maximum absolute atomic E-state index is 10.9. The molecule has 0 atom stereocenters. The van der Waals surface area contributed by atoms with Gasteiger partial charge >= 0.3 is 5.97 Å². The summed E-state index contributed by atoms with van der Waals surface area (Å²) in [6.07, 6.45) is 1.64. The number of esters is 1. The highest BCUT2D eigenvalue weighted by Gasteiger charge is 2.03. The summed E-state index contributed by atoms with van der Waals surface area (Å²) in [6.45, 7) is 4.61. The van der Waals surface area contributed by atoms with Crippen molar-refractivity contribution in [2.24, 2.45) is 0 Å². The fourth-order valence-electron chi connectivity index (χ4n) is 0.967. The molecule has 0 saturated heterocycles. The van der Waals surface area contributed by atoms with Crippen LogP contribution in [0.15, 0.2) is 10.6 Å². The molecule has 0 radical (unpaired) electrons. The van der Waals surface area contributed by atoms with Gasteiger partial charge in [0.2, 0.25) is 5.89 Å². The van der Waals surface area contributed by atoms with Gasteiger partial charge < -0.3 is 9.15 Å². The molecule has 78 valence electrons. The summed E-state index contributed by atoms with van der Waals surface area (Å²) in [7, 11) is 0. The van der Waals surface area contributed by atoms with Crippen molar-refractivity contribution in [3.8, 4) is 0 Å². The minimum Gasteiger partial charge on any atom is -0.465 e. The van der Waals surface area contributed by atoms with Crippen molar-refractivity contribution in [2.75, 3.05) is 13.2 Å². The lowest BCUT2D eigenvalue weighted by atomic mass is 10.5. The Hall–Kier alpha value is -1.36. The first-order chi connectivity index (χ1) is 6.72. The number of nitrogens with zero attached hydrogens (tertiary/aromatic N) is 1. The molecule has 5 heteroatoms. The van der Waals surface area contributed by atoms with E-state index in [4.69, 9.17) is 9.15 Å². The number of hydrogen-bond acceptors (Lipinski definition) is 5. The molecule has 5 nitrogen and oxygen atoms in total. The van der Waals surface area contributed by atoms with Crippen LogP contribution >= 0.6 is 0 Å². The largest absolute Gasteiger partial charge is 0.465 e. The van der Waals surface area contributed by atoms with Gasteiger partial charge in [-0.15, -0.1) is 0 Å². The molecule has 0 unspecified atom stereocenters. The van der Waals surface area contributed by atoms with Crippen LogP contribution in [0.5, 0.6) is 0 Å². The van der Waals surface area contributed by atoms with Crippen molar-refractivity contribution in [3.05, 3.63) is 17.8 Å². The van der Waals surface area contributed by atoms with E-state index in [0.29, 0.717) is 19.0 Å². The number of ether oxygens (including phenoxy) is 1. The lowest BCUT2D eigenvalue weighted by molar-refractivity contribution is -0.142. The Bertz CT molecular complexity index is 296. The summed E-state index contributed by atoms with van der Waals surface area (Å²) >= 11 is 0. The Kier molecular flexibility index (Phi) is 4.12. The highest BCUT2D eigenvalue weighted by atomic mass is 16.5. The number of rotatable bonds is 5. The predicted octanol–water partition coefficient (Wildman–Crippen LogP) is 0.636. The molecule has 0 amide bonds. The number of carbonyl (C=O) groups is 1. The maximum atomic E-state index is 10.9. The number of hydrogen-bond donors (Lipinski definition) is 1. The van der Waals surface area contributed by atoms with Crippen molar-refractivity contribution in [1.29, 1.82) is 0 Å². The van der Waals surface area contributed by atoms with E-state index in [1.807, 2.05) is 6.92 Å². The summed E-state index contributed by atoms with van der Waals surface area (Å²) in [5.41, 5.74) is 0. The van der Waals surface area contributed by atoms with Crippen molar-refractivity contribution in [1.82, 2.24) is 10.3 Å². The van der Waals surface area contributed by atoms with Gasteiger partial charge in [-0.1, -0.05) is 0 Å². The Labute approximate surface area is 82.5 Å². The topological polar surface area (TPSA) is 64.4 Å². The van der Waals surface area contributed by atoms with Crippen molar-refractivity contribution in [2.45, 2.75) is 20.4 Å². The van der Waals surface area contributed by atoms with Crippen LogP contribution < -0.4 is 5.32 Å². The molecule has 0 aliphatic heterocycles. The van der Waals surface area contributed by atoms with Gasteiger partial charge in [-0.3, -0.25) is 10.1 Å². The molecule has 0 bridgehead atoms. The number of aryl methyl sites for hydroxylation is 1. The summed E-state index contributed by atoms with van der Waals surface area (Å²) in [6, 6.07) is 0. The smallest absolute Gasteiger partial charge is 0.319 e. The van der Waals surface area contributed by atoms with Crippen LogP contribution in [-0.2, 0) is 16.1 Å². The molecule has 1 aromatic heterocycles. The van der Waals surface area contributed by atoms with Gasteiger partial charge in [-0.05, 0) is 13.8 Å². The standard InChI is InChI=1S/C9H14N2O3/c1-3-13-9(12)6-10-5-8-11-4-7(2)14-8/h4,10H,3,5-6H2,1-2H3. The third kappa shape index (κ3) is 3.57. The summed E-state index contributed by atoms with van der Waals surface area (Å²) in [5, 5.41) is 2.87. The second kappa shape index (κ2) is 5.39. The van der Waals surface area contributed by atoms with Crippen LogP contribution in [0.3, 0.4) is 0 Å². The zero-order valence-electron chi connectivity index (χ0n) is 8.37. The SMILES string of the molecule is CCOC(=O)CNCc1ncc(C)o1. The summed E-state index contributed by atoms with van der Waals surface area (Å²) < 4.78 is 9.93. The molecule has 0 saturated carbocycles. The molecule has 1 rings (SSSR count). The van der Waals surface area contributed by atoms with Gasteiger partial charge in [0.25, 0.3) is 0 Å². The number of aromatic nitrogens is 1.